The van der Waals surface area contributed by atoms with Crippen molar-refractivity contribution in [2.24, 2.45) is 0 Å². The van der Waals surface area contributed by atoms with Gasteiger partial charge in [-0.05, 0) is 41.5 Å². The summed E-state index contributed by atoms with van der Waals surface area (Å²) in [4.78, 5) is 25.8. The maximum absolute atomic E-state index is 12.5. The van der Waals surface area contributed by atoms with Crippen LogP contribution in [0, 0.1) is 0 Å². The Balaban J connectivity index is 1.53. The number of carbonyl (C=O) groups is 2. The van der Waals surface area contributed by atoms with Crippen LogP contribution in [0.1, 0.15) is 24.0 Å². The SMILES string of the molecule is O=C(CCCSc1ccc(Cl)c(Cl)c1)NC1(C(=O)NO)Cc2ccccc2C1. The Hall–Kier alpha value is -1.73. The van der Waals surface area contributed by atoms with E-state index in [-0.39, 0.29) is 12.3 Å². The zero-order chi connectivity index (χ0) is 20.1. The predicted molar refractivity (Wildman–Crippen MR) is 111 cm³/mol. The number of hydrogen-bond donors (Lipinski definition) is 3. The normalized spacial score (nSPS) is 14.4. The second kappa shape index (κ2) is 9.18. The molecule has 3 rings (SSSR count). The first-order valence-corrected chi connectivity index (χ1v) is 10.6. The maximum Gasteiger partial charge on any atom is 0.269 e. The topological polar surface area (TPSA) is 78.4 Å². The summed E-state index contributed by atoms with van der Waals surface area (Å²) in [7, 11) is 0. The van der Waals surface area contributed by atoms with Crippen LogP contribution >= 0.6 is 35.0 Å². The standard InChI is InChI=1S/C20H20Cl2N2O3S/c21-16-8-7-15(10-17(16)22)28-9-3-6-18(25)23-20(19(26)24-27)11-13-4-1-2-5-14(13)12-20/h1-2,4-5,7-8,10,27H,3,6,9,11-12H2,(H,23,25)(H,24,26). The Morgan fingerprint density at radius 2 is 1.75 bits per heavy atom. The fourth-order valence-electron chi connectivity index (χ4n) is 3.35. The van der Waals surface area contributed by atoms with E-state index in [0.29, 0.717) is 29.3 Å². The van der Waals surface area contributed by atoms with Gasteiger partial charge in [-0.25, -0.2) is 5.48 Å². The molecule has 0 heterocycles. The molecule has 0 radical (unpaired) electrons. The van der Waals surface area contributed by atoms with Crippen molar-refractivity contribution in [3.63, 3.8) is 0 Å². The van der Waals surface area contributed by atoms with Crippen LogP contribution in [0.4, 0.5) is 0 Å². The summed E-state index contributed by atoms with van der Waals surface area (Å²) >= 11 is 13.5. The monoisotopic (exact) mass is 438 g/mol. The zero-order valence-corrected chi connectivity index (χ0v) is 17.3. The van der Waals surface area contributed by atoms with E-state index in [1.807, 2.05) is 30.3 Å². The zero-order valence-electron chi connectivity index (χ0n) is 15.0. The number of nitrogens with one attached hydrogen (secondary N) is 2. The molecule has 5 nitrogen and oxygen atoms in total. The van der Waals surface area contributed by atoms with E-state index in [2.05, 4.69) is 5.32 Å². The van der Waals surface area contributed by atoms with Crippen molar-refractivity contribution in [1.82, 2.24) is 10.8 Å². The van der Waals surface area contributed by atoms with E-state index in [9.17, 15) is 9.59 Å². The van der Waals surface area contributed by atoms with E-state index in [4.69, 9.17) is 28.4 Å². The van der Waals surface area contributed by atoms with Gasteiger partial charge in [0, 0.05) is 24.2 Å². The van der Waals surface area contributed by atoms with Gasteiger partial charge in [-0.15, -0.1) is 11.8 Å². The molecule has 2 amide bonds. The molecule has 0 unspecified atom stereocenters. The van der Waals surface area contributed by atoms with Crippen molar-refractivity contribution in [2.75, 3.05) is 5.75 Å². The molecule has 0 fully saturated rings. The molecule has 1 aliphatic rings. The summed E-state index contributed by atoms with van der Waals surface area (Å²) in [6.45, 7) is 0. The summed E-state index contributed by atoms with van der Waals surface area (Å²) in [5, 5.41) is 13.0. The third-order valence-electron chi connectivity index (χ3n) is 4.73. The molecule has 1 aliphatic carbocycles. The highest BCUT2D eigenvalue weighted by atomic mass is 35.5. The van der Waals surface area contributed by atoms with Crippen LogP contribution in [-0.4, -0.2) is 28.3 Å². The van der Waals surface area contributed by atoms with Crippen LogP contribution in [0.5, 0.6) is 0 Å². The second-order valence-corrected chi connectivity index (χ2v) is 8.70. The quantitative estimate of drug-likeness (QED) is 0.264. The Morgan fingerprint density at radius 3 is 2.36 bits per heavy atom. The number of fused-ring (bicyclic) bond motifs is 1. The Bertz CT molecular complexity index is 867. The van der Waals surface area contributed by atoms with Gasteiger partial charge >= 0.3 is 0 Å². The van der Waals surface area contributed by atoms with E-state index in [1.165, 1.54) is 0 Å². The fourth-order valence-corrected chi connectivity index (χ4v) is 4.60. The first-order chi connectivity index (χ1) is 13.4. The van der Waals surface area contributed by atoms with Gasteiger partial charge in [-0.3, -0.25) is 14.8 Å². The van der Waals surface area contributed by atoms with Crippen LogP contribution in [0.3, 0.4) is 0 Å². The molecule has 0 aromatic heterocycles. The van der Waals surface area contributed by atoms with Gasteiger partial charge in [0.25, 0.3) is 5.91 Å². The lowest BCUT2D eigenvalue weighted by molar-refractivity contribution is -0.139. The van der Waals surface area contributed by atoms with Crippen LogP contribution in [0.2, 0.25) is 10.0 Å². The molecule has 0 atom stereocenters. The lowest BCUT2D eigenvalue weighted by Crippen LogP contribution is -2.59. The third kappa shape index (κ3) is 4.81. The molecule has 2 aromatic carbocycles. The van der Waals surface area contributed by atoms with E-state index >= 15 is 0 Å². The lowest BCUT2D eigenvalue weighted by Gasteiger charge is -2.27. The number of hydrogen-bond acceptors (Lipinski definition) is 4. The van der Waals surface area contributed by atoms with Gasteiger partial charge in [-0.1, -0.05) is 47.5 Å². The summed E-state index contributed by atoms with van der Waals surface area (Å²) in [6, 6.07) is 13.1. The molecule has 28 heavy (non-hydrogen) atoms. The maximum atomic E-state index is 12.5. The third-order valence-corrected chi connectivity index (χ3v) is 6.54. The van der Waals surface area contributed by atoms with Gasteiger partial charge in [-0.2, -0.15) is 0 Å². The molecular weight excluding hydrogens is 419 g/mol. The van der Waals surface area contributed by atoms with E-state index in [0.717, 1.165) is 21.8 Å². The van der Waals surface area contributed by atoms with Crippen molar-refractivity contribution in [2.45, 2.75) is 36.1 Å². The predicted octanol–water partition coefficient (Wildman–Crippen LogP) is 4.02. The highest BCUT2D eigenvalue weighted by Gasteiger charge is 2.44. The highest BCUT2D eigenvalue weighted by molar-refractivity contribution is 7.99. The first kappa shape index (κ1) is 21.0. The smallest absolute Gasteiger partial charge is 0.269 e. The van der Waals surface area contributed by atoms with Crippen molar-refractivity contribution < 1.29 is 14.8 Å². The lowest BCUT2D eigenvalue weighted by atomic mass is 9.94. The first-order valence-electron chi connectivity index (χ1n) is 8.84. The summed E-state index contributed by atoms with van der Waals surface area (Å²) in [5.74, 6) is -0.0847. The number of thioether (sulfide) groups is 1. The molecule has 3 N–H and O–H groups in total. The molecule has 2 aromatic rings. The molecule has 0 spiro atoms. The van der Waals surface area contributed by atoms with Crippen LogP contribution < -0.4 is 10.8 Å². The Labute approximate surface area is 177 Å². The molecule has 148 valence electrons. The largest absolute Gasteiger partial charge is 0.341 e. The molecule has 8 heteroatoms. The minimum Gasteiger partial charge on any atom is -0.341 e. The van der Waals surface area contributed by atoms with E-state index in [1.54, 1.807) is 29.4 Å². The number of halogens is 2. The molecule has 0 aliphatic heterocycles. The number of benzene rings is 2. The van der Waals surface area contributed by atoms with Crippen molar-refractivity contribution >= 4 is 46.8 Å². The van der Waals surface area contributed by atoms with Gasteiger partial charge < -0.3 is 5.32 Å². The van der Waals surface area contributed by atoms with Crippen molar-refractivity contribution in [1.29, 1.82) is 0 Å². The molecule has 0 saturated heterocycles. The van der Waals surface area contributed by atoms with Gasteiger partial charge in [0.15, 0.2) is 0 Å². The van der Waals surface area contributed by atoms with Crippen molar-refractivity contribution in [3.05, 3.63) is 63.6 Å². The number of amides is 2. The second-order valence-electron chi connectivity index (χ2n) is 6.72. The molecule has 0 saturated carbocycles. The highest BCUT2D eigenvalue weighted by Crippen LogP contribution is 2.31. The number of hydroxylamine groups is 1. The summed E-state index contributed by atoms with van der Waals surface area (Å²) in [5.41, 5.74) is 2.56. The van der Waals surface area contributed by atoms with Crippen LogP contribution in [-0.2, 0) is 22.4 Å². The summed E-state index contributed by atoms with van der Waals surface area (Å²) < 4.78 is 0. The minimum absolute atomic E-state index is 0.217. The Morgan fingerprint density at radius 1 is 1.07 bits per heavy atom. The average Bonchev–Trinajstić information content (AvgIpc) is 3.06. The van der Waals surface area contributed by atoms with E-state index < -0.39 is 11.4 Å². The minimum atomic E-state index is -1.15. The fraction of sp³-hybridized carbons (Fsp3) is 0.300. The molecular formula is C20H20Cl2N2O3S. The van der Waals surface area contributed by atoms with Crippen LogP contribution in [0.25, 0.3) is 0 Å². The van der Waals surface area contributed by atoms with Gasteiger partial charge in [0.1, 0.15) is 5.54 Å². The molecule has 0 bridgehead atoms. The number of carbonyl (C=O) groups excluding carboxylic acids is 2. The van der Waals surface area contributed by atoms with Crippen LogP contribution in [0.15, 0.2) is 47.4 Å². The summed E-state index contributed by atoms with van der Waals surface area (Å²) in [6.07, 6.45) is 1.64. The van der Waals surface area contributed by atoms with Crippen molar-refractivity contribution in [3.8, 4) is 0 Å². The van der Waals surface area contributed by atoms with Gasteiger partial charge in [0.05, 0.1) is 10.0 Å². The number of rotatable bonds is 7. The Kier molecular flexibility index (Phi) is 6.88. The van der Waals surface area contributed by atoms with Gasteiger partial charge in [0.2, 0.25) is 5.91 Å². The average molecular weight is 439 g/mol.